The molecule has 0 saturated carbocycles. The Labute approximate surface area is 168 Å². The van der Waals surface area contributed by atoms with Gasteiger partial charge in [0.05, 0.1) is 16.4 Å². The van der Waals surface area contributed by atoms with Crippen LogP contribution in [-0.2, 0) is 16.6 Å². The van der Waals surface area contributed by atoms with Gasteiger partial charge in [-0.1, -0.05) is 35.9 Å². The maximum atomic E-state index is 12.6. The largest absolute Gasteiger partial charge is 0.317 e. The highest BCUT2D eigenvalue weighted by Crippen LogP contribution is 2.30. The molecule has 0 aliphatic heterocycles. The van der Waals surface area contributed by atoms with E-state index in [0.717, 1.165) is 26.1 Å². The zero-order valence-electron chi connectivity index (χ0n) is 15.3. The molecule has 0 aliphatic carbocycles. The first-order valence-electron chi connectivity index (χ1n) is 8.35. The van der Waals surface area contributed by atoms with Crippen LogP contribution in [0, 0.1) is 0 Å². The summed E-state index contributed by atoms with van der Waals surface area (Å²) in [6.07, 6.45) is 0. The number of para-hydroxylation sites is 1. The highest BCUT2D eigenvalue weighted by molar-refractivity contribution is 7.89. The van der Waals surface area contributed by atoms with Crippen LogP contribution in [0.4, 0.5) is 5.69 Å². The van der Waals surface area contributed by atoms with Crippen molar-refractivity contribution in [3.63, 3.8) is 0 Å². The van der Waals surface area contributed by atoms with Crippen LogP contribution >= 0.6 is 22.9 Å². The Hall–Kier alpha value is -1.93. The van der Waals surface area contributed by atoms with Gasteiger partial charge in [-0.25, -0.2) is 17.7 Å². The predicted molar refractivity (Wildman–Crippen MR) is 111 cm³/mol. The molecule has 0 saturated heterocycles. The van der Waals surface area contributed by atoms with E-state index in [1.165, 1.54) is 25.4 Å². The molecular weight excluding hydrogens is 402 g/mol. The number of sulfonamides is 1. The molecule has 0 unspecified atom stereocenters. The van der Waals surface area contributed by atoms with Gasteiger partial charge in [-0.3, -0.25) is 0 Å². The number of rotatable bonds is 5. The van der Waals surface area contributed by atoms with Gasteiger partial charge >= 0.3 is 0 Å². The van der Waals surface area contributed by atoms with Crippen LogP contribution in [0.5, 0.6) is 0 Å². The Morgan fingerprint density at radius 1 is 1.15 bits per heavy atom. The third kappa shape index (κ3) is 4.01. The summed E-state index contributed by atoms with van der Waals surface area (Å²) in [5, 5.41) is 2.19. The van der Waals surface area contributed by atoms with Crippen molar-refractivity contribution in [3.8, 4) is 11.3 Å². The Balaban J connectivity index is 2.15. The quantitative estimate of drug-likeness (QED) is 0.614. The van der Waals surface area contributed by atoms with Gasteiger partial charge in [0.2, 0.25) is 10.0 Å². The molecule has 5 nitrogen and oxygen atoms in total. The molecule has 0 spiro atoms. The maximum Gasteiger partial charge on any atom is 0.244 e. The summed E-state index contributed by atoms with van der Waals surface area (Å²) in [6.45, 7) is 2.75. The fraction of sp³-hybridized carbons (Fsp3) is 0.211. The van der Waals surface area contributed by atoms with Crippen LogP contribution in [0.25, 0.3) is 11.3 Å². The third-order valence-electron chi connectivity index (χ3n) is 4.08. The lowest BCUT2D eigenvalue weighted by molar-refractivity contribution is 0.521. The average molecular weight is 422 g/mol. The number of benzene rings is 2. The Bertz CT molecular complexity index is 1120. The van der Waals surface area contributed by atoms with Crippen LogP contribution in [0.1, 0.15) is 6.92 Å². The van der Waals surface area contributed by atoms with E-state index in [9.17, 15) is 8.42 Å². The van der Waals surface area contributed by atoms with Crippen molar-refractivity contribution in [1.29, 1.82) is 0 Å². The fourth-order valence-electron chi connectivity index (χ4n) is 2.63. The Kier molecular flexibility index (Phi) is 5.86. The van der Waals surface area contributed by atoms with Crippen molar-refractivity contribution in [2.75, 3.05) is 14.1 Å². The summed E-state index contributed by atoms with van der Waals surface area (Å²) in [7, 11) is -0.643. The predicted octanol–water partition coefficient (Wildman–Crippen LogP) is 4.37. The molecule has 0 aliphatic rings. The van der Waals surface area contributed by atoms with Crippen LogP contribution in [0.2, 0.25) is 5.02 Å². The van der Waals surface area contributed by atoms with Crippen molar-refractivity contribution < 1.29 is 8.42 Å². The van der Waals surface area contributed by atoms with Crippen molar-refractivity contribution >= 4 is 38.6 Å². The van der Waals surface area contributed by atoms with E-state index in [1.807, 2.05) is 48.7 Å². The second-order valence-electron chi connectivity index (χ2n) is 6.03. The molecule has 3 rings (SSSR count). The summed E-state index contributed by atoms with van der Waals surface area (Å²) in [6, 6.07) is 14.8. The first-order chi connectivity index (χ1) is 12.8. The summed E-state index contributed by atoms with van der Waals surface area (Å²) in [5.74, 6) is 0. The monoisotopic (exact) mass is 421 g/mol. The van der Waals surface area contributed by atoms with Crippen LogP contribution < -0.4 is 4.80 Å². The molecule has 3 aromatic rings. The molecule has 0 N–H and O–H groups in total. The normalized spacial score (nSPS) is 12.7. The summed E-state index contributed by atoms with van der Waals surface area (Å²) < 4.78 is 28.3. The fourth-order valence-corrected chi connectivity index (χ4v) is 5.01. The molecule has 27 heavy (non-hydrogen) atoms. The minimum Gasteiger partial charge on any atom is -0.317 e. The third-order valence-corrected chi connectivity index (χ3v) is 7.24. The minimum atomic E-state index is -3.63. The Morgan fingerprint density at radius 2 is 1.85 bits per heavy atom. The molecule has 0 radical (unpaired) electrons. The number of thiazole rings is 1. The van der Waals surface area contributed by atoms with E-state index in [2.05, 4.69) is 4.57 Å². The lowest BCUT2D eigenvalue weighted by atomic mass is 10.2. The van der Waals surface area contributed by atoms with Gasteiger partial charge in [-0.2, -0.15) is 0 Å². The molecule has 0 atom stereocenters. The summed E-state index contributed by atoms with van der Waals surface area (Å²) in [4.78, 5) is 5.66. The van der Waals surface area contributed by atoms with Crippen LogP contribution in [0.3, 0.4) is 0 Å². The molecule has 0 amide bonds. The number of nitrogens with zero attached hydrogens (tertiary/aromatic N) is 3. The van der Waals surface area contributed by atoms with Crippen molar-refractivity contribution in [1.82, 2.24) is 8.87 Å². The molecule has 8 heteroatoms. The second kappa shape index (κ2) is 7.98. The molecule has 2 aromatic carbocycles. The molecule has 1 aromatic heterocycles. The second-order valence-corrected chi connectivity index (χ2v) is 9.39. The molecule has 0 bridgehead atoms. The van der Waals surface area contributed by atoms with E-state index in [4.69, 9.17) is 16.6 Å². The van der Waals surface area contributed by atoms with E-state index >= 15 is 0 Å². The van der Waals surface area contributed by atoms with Gasteiger partial charge in [0.1, 0.15) is 4.90 Å². The SMILES string of the molecule is CCn1c(-c2ccc(Cl)c(S(=O)(=O)N(C)C)c2)cs/c1=N/c1ccccc1. The van der Waals surface area contributed by atoms with Gasteiger partial charge in [0.15, 0.2) is 4.80 Å². The van der Waals surface area contributed by atoms with Gasteiger partial charge in [0, 0.05) is 31.6 Å². The first kappa shape index (κ1) is 19.8. The lowest BCUT2D eigenvalue weighted by Gasteiger charge is -2.14. The molecular formula is C19H20ClN3O2S2. The smallest absolute Gasteiger partial charge is 0.244 e. The zero-order valence-corrected chi connectivity index (χ0v) is 17.6. The standard InChI is InChI=1S/C19H20ClN3O2S2/c1-4-23-17(13-26-19(23)21-15-8-6-5-7-9-15)14-10-11-16(20)18(12-14)27(24,25)22(2)3/h5-13H,4H2,1-3H3/b21-19+. The first-order valence-corrected chi connectivity index (χ1v) is 11.0. The average Bonchev–Trinajstić information content (AvgIpc) is 3.05. The molecule has 0 fully saturated rings. The maximum absolute atomic E-state index is 12.6. The van der Waals surface area contributed by atoms with Gasteiger partial charge < -0.3 is 4.57 Å². The van der Waals surface area contributed by atoms with Gasteiger partial charge in [0.25, 0.3) is 0 Å². The molecule has 142 valence electrons. The van der Waals surface area contributed by atoms with Gasteiger partial charge in [-0.05, 0) is 31.2 Å². The van der Waals surface area contributed by atoms with Crippen LogP contribution in [-0.4, -0.2) is 31.4 Å². The van der Waals surface area contributed by atoms with Crippen LogP contribution in [0.15, 0.2) is 63.8 Å². The number of aromatic nitrogens is 1. The number of hydrogen-bond donors (Lipinski definition) is 0. The lowest BCUT2D eigenvalue weighted by Crippen LogP contribution is -2.22. The van der Waals surface area contributed by atoms with E-state index < -0.39 is 10.0 Å². The van der Waals surface area contributed by atoms with E-state index in [0.29, 0.717) is 6.54 Å². The van der Waals surface area contributed by atoms with E-state index in [1.54, 1.807) is 12.1 Å². The highest BCUT2D eigenvalue weighted by Gasteiger charge is 2.22. The number of hydrogen-bond acceptors (Lipinski definition) is 4. The summed E-state index contributed by atoms with van der Waals surface area (Å²) in [5.41, 5.74) is 2.57. The Morgan fingerprint density at radius 3 is 2.48 bits per heavy atom. The zero-order chi connectivity index (χ0) is 19.6. The van der Waals surface area contributed by atoms with Crippen molar-refractivity contribution in [3.05, 3.63) is 63.7 Å². The molecule has 1 heterocycles. The number of halogens is 1. The van der Waals surface area contributed by atoms with Crippen molar-refractivity contribution in [2.24, 2.45) is 4.99 Å². The summed E-state index contributed by atoms with van der Waals surface area (Å²) >= 11 is 7.69. The topological polar surface area (TPSA) is 54.7 Å². The highest BCUT2D eigenvalue weighted by atomic mass is 35.5. The van der Waals surface area contributed by atoms with E-state index in [-0.39, 0.29) is 9.92 Å². The minimum absolute atomic E-state index is 0.0991. The van der Waals surface area contributed by atoms with Crippen molar-refractivity contribution in [2.45, 2.75) is 18.4 Å². The van der Waals surface area contributed by atoms with Gasteiger partial charge in [-0.15, -0.1) is 11.3 Å².